The molecule has 1 saturated heterocycles. The fourth-order valence-corrected chi connectivity index (χ4v) is 3.28. The maximum Gasteiger partial charge on any atom is 0.223 e. The third kappa shape index (κ3) is 4.69. The monoisotopic (exact) mass is 400 g/mol. The summed E-state index contributed by atoms with van der Waals surface area (Å²) < 4.78 is 0.941. The molecule has 1 amide bonds. The summed E-state index contributed by atoms with van der Waals surface area (Å²) >= 11 is 3.35. The SMILES string of the molecule is O=C(CCC(=O)N1CCN(c2ccccc2)CC1)c1ccc(Br)cc1. The zero-order valence-electron chi connectivity index (χ0n) is 14.0. The fraction of sp³-hybridized carbons (Fsp3) is 0.300. The molecule has 0 aliphatic carbocycles. The van der Waals surface area contributed by atoms with Gasteiger partial charge in [-0.1, -0.05) is 46.3 Å². The molecule has 0 unspecified atom stereocenters. The molecule has 2 aromatic rings. The van der Waals surface area contributed by atoms with Crippen molar-refractivity contribution in [3.63, 3.8) is 0 Å². The second-order valence-electron chi connectivity index (χ2n) is 6.13. The predicted molar refractivity (Wildman–Crippen MR) is 103 cm³/mol. The van der Waals surface area contributed by atoms with Gasteiger partial charge in [0, 0.05) is 54.7 Å². The van der Waals surface area contributed by atoms with E-state index in [9.17, 15) is 9.59 Å². The van der Waals surface area contributed by atoms with Crippen LogP contribution in [0.1, 0.15) is 23.2 Å². The van der Waals surface area contributed by atoms with Gasteiger partial charge in [-0.25, -0.2) is 0 Å². The van der Waals surface area contributed by atoms with E-state index in [0.717, 1.165) is 17.6 Å². The fourth-order valence-electron chi connectivity index (χ4n) is 3.01. The maximum atomic E-state index is 12.4. The Kier molecular flexibility index (Phi) is 5.87. The van der Waals surface area contributed by atoms with Gasteiger partial charge >= 0.3 is 0 Å². The van der Waals surface area contributed by atoms with Crippen LogP contribution in [0.25, 0.3) is 0 Å². The van der Waals surface area contributed by atoms with Crippen LogP contribution in [0.2, 0.25) is 0 Å². The van der Waals surface area contributed by atoms with Crippen LogP contribution in [0.3, 0.4) is 0 Å². The Hall–Kier alpha value is -2.14. The highest BCUT2D eigenvalue weighted by atomic mass is 79.9. The summed E-state index contributed by atoms with van der Waals surface area (Å²) in [5, 5.41) is 0. The van der Waals surface area contributed by atoms with Crippen LogP contribution in [0.15, 0.2) is 59.1 Å². The zero-order chi connectivity index (χ0) is 17.6. The van der Waals surface area contributed by atoms with Gasteiger partial charge in [0.15, 0.2) is 5.78 Å². The molecule has 0 radical (unpaired) electrons. The number of rotatable bonds is 5. The highest BCUT2D eigenvalue weighted by Gasteiger charge is 2.21. The summed E-state index contributed by atoms with van der Waals surface area (Å²) in [6.45, 7) is 3.08. The van der Waals surface area contributed by atoms with Crippen molar-refractivity contribution in [1.82, 2.24) is 4.90 Å². The van der Waals surface area contributed by atoms with E-state index in [1.807, 2.05) is 35.2 Å². The summed E-state index contributed by atoms with van der Waals surface area (Å²) in [4.78, 5) is 28.7. The first-order chi connectivity index (χ1) is 12.1. The summed E-state index contributed by atoms with van der Waals surface area (Å²) in [6, 6.07) is 17.5. The Morgan fingerprint density at radius 1 is 0.840 bits per heavy atom. The van der Waals surface area contributed by atoms with Crippen LogP contribution in [-0.4, -0.2) is 42.8 Å². The van der Waals surface area contributed by atoms with Crippen molar-refractivity contribution in [2.24, 2.45) is 0 Å². The van der Waals surface area contributed by atoms with Crippen LogP contribution in [0, 0.1) is 0 Å². The normalized spacial score (nSPS) is 14.4. The van der Waals surface area contributed by atoms with E-state index in [0.29, 0.717) is 18.7 Å². The van der Waals surface area contributed by atoms with E-state index >= 15 is 0 Å². The summed E-state index contributed by atoms with van der Waals surface area (Å²) in [5.41, 5.74) is 1.85. The van der Waals surface area contributed by atoms with Crippen molar-refractivity contribution < 1.29 is 9.59 Å². The van der Waals surface area contributed by atoms with Crippen LogP contribution >= 0.6 is 15.9 Å². The van der Waals surface area contributed by atoms with E-state index in [2.05, 4.69) is 33.0 Å². The topological polar surface area (TPSA) is 40.6 Å². The molecule has 1 fully saturated rings. The number of ketones is 1. The number of piperazine rings is 1. The van der Waals surface area contributed by atoms with E-state index in [1.54, 1.807) is 12.1 Å². The highest BCUT2D eigenvalue weighted by molar-refractivity contribution is 9.10. The smallest absolute Gasteiger partial charge is 0.223 e. The molecule has 4 nitrogen and oxygen atoms in total. The quantitative estimate of drug-likeness (QED) is 0.717. The first kappa shape index (κ1) is 17.7. The Bertz CT molecular complexity index is 723. The average Bonchev–Trinajstić information content (AvgIpc) is 2.67. The predicted octanol–water partition coefficient (Wildman–Crippen LogP) is 3.76. The van der Waals surface area contributed by atoms with Crippen LogP contribution in [-0.2, 0) is 4.79 Å². The lowest BCUT2D eigenvalue weighted by molar-refractivity contribution is -0.131. The van der Waals surface area contributed by atoms with Crippen LogP contribution < -0.4 is 4.90 Å². The third-order valence-electron chi connectivity index (χ3n) is 4.49. The molecule has 0 aromatic heterocycles. The van der Waals surface area contributed by atoms with Crippen molar-refractivity contribution in [3.8, 4) is 0 Å². The van der Waals surface area contributed by atoms with Gasteiger partial charge in [0.1, 0.15) is 0 Å². The van der Waals surface area contributed by atoms with E-state index in [4.69, 9.17) is 0 Å². The Labute approximate surface area is 156 Å². The Balaban J connectivity index is 1.46. The summed E-state index contributed by atoms with van der Waals surface area (Å²) in [6.07, 6.45) is 0.541. The van der Waals surface area contributed by atoms with Crippen molar-refractivity contribution in [2.75, 3.05) is 31.1 Å². The number of anilines is 1. The molecule has 0 N–H and O–H groups in total. The van der Waals surface area contributed by atoms with Gasteiger partial charge in [-0.2, -0.15) is 0 Å². The Morgan fingerprint density at radius 3 is 2.12 bits per heavy atom. The van der Waals surface area contributed by atoms with E-state index in [-0.39, 0.29) is 24.5 Å². The van der Waals surface area contributed by atoms with Gasteiger partial charge in [0.25, 0.3) is 0 Å². The molecule has 1 aliphatic rings. The summed E-state index contributed by atoms with van der Waals surface area (Å²) in [7, 11) is 0. The van der Waals surface area contributed by atoms with Crippen molar-refractivity contribution >= 4 is 33.3 Å². The number of amides is 1. The molecular weight excluding hydrogens is 380 g/mol. The molecule has 1 heterocycles. The average molecular weight is 401 g/mol. The molecular formula is C20H21BrN2O2. The standard InChI is InChI=1S/C20H21BrN2O2/c21-17-8-6-16(7-9-17)19(24)10-11-20(25)23-14-12-22(13-15-23)18-4-2-1-3-5-18/h1-9H,10-15H2. The van der Waals surface area contributed by atoms with E-state index in [1.165, 1.54) is 5.69 Å². The van der Waals surface area contributed by atoms with Gasteiger partial charge in [-0.15, -0.1) is 0 Å². The van der Waals surface area contributed by atoms with Gasteiger partial charge in [-0.05, 0) is 24.3 Å². The minimum Gasteiger partial charge on any atom is -0.368 e. The number of carbonyl (C=O) groups excluding carboxylic acids is 2. The molecule has 0 saturated carbocycles. The molecule has 25 heavy (non-hydrogen) atoms. The number of halogens is 1. The molecule has 1 aliphatic heterocycles. The van der Waals surface area contributed by atoms with Crippen LogP contribution in [0.5, 0.6) is 0 Å². The highest BCUT2D eigenvalue weighted by Crippen LogP contribution is 2.17. The first-order valence-electron chi connectivity index (χ1n) is 8.50. The van der Waals surface area contributed by atoms with Gasteiger partial charge in [0.05, 0.1) is 0 Å². The second kappa shape index (κ2) is 8.30. The van der Waals surface area contributed by atoms with Crippen molar-refractivity contribution in [1.29, 1.82) is 0 Å². The number of nitrogens with zero attached hydrogens (tertiary/aromatic N) is 2. The van der Waals surface area contributed by atoms with Gasteiger partial charge < -0.3 is 9.80 Å². The van der Waals surface area contributed by atoms with Crippen LogP contribution in [0.4, 0.5) is 5.69 Å². The lowest BCUT2D eigenvalue weighted by Gasteiger charge is -2.36. The molecule has 0 spiro atoms. The second-order valence-corrected chi connectivity index (χ2v) is 7.05. The Morgan fingerprint density at radius 2 is 1.48 bits per heavy atom. The number of carbonyl (C=O) groups is 2. The lowest BCUT2D eigenvalue weighted by Crippen LogP contribution is -2.48. The van der Waals surface area contributed by atoms with E-state index < -0.39 is 0 Å². The third-order valence-corrected chi connectivity index (χ3v) is 5.01. The minimum atomic E-state index is 0.0174. The molecule has 0 bridgehead atoms. The summed E-state index contributed by atoms with van der Waals surface area (Å²) in [5.74, 6) is 0.0851. The number of Topliss-reactive ketones (excluding diaryl/α,β-unsaturated/α-hetero) is 1. The maximum absolute atomic E-state index is 12.4. The molecule has 3 rings (SSSR count). The largest absolute Gasteiger partial charge is 0.368 e. The van der Waals surface area contributed by atoms with Crippen molar-refractivity contribution in [3.05, 3.63) is 64.6 Å². The lowest BCUT2D eigenvalue weighted by atomic mass is 10.1. The van der Waals surface area contributed by atoms with Crippen molar-refractivity contribution in [2.45, 2.75) is 12.8 Å². The number of para-hydroxylation sites is 1. The molecule has 0 atom stereocenters. The first-order valence-corrected chi connectivity index (χ1v) is 9.29. The minimum absolute atomic E-state index is 0.0174. The molecule has 130 valence electrons. The number of hydrogen-bond acceptors (Lipinski definition) is 3. The van der Waals surface area contributed by atoms with Gasteiger partial charge in [0.2, 0.25) is 5.91 Å². The van der Waals surface area contributed by atoms with Gasteiger partial charge in [-0.3, -0.25) is 9.59 Å². The molecule has 2 aromatic carbocycles. The molecule has 5 heteroatoms. The zero-order valence-corrected chi connectivity index (χ0v) is 15.6. The number of hydrogen-bond donors (Lipinski definition) is 0. The number of benzene rings is 2.